The van der Waals surface area contributed by atoms with Crippen molar-refractivity contribution in [3.8, 4) is 0 Å². The quantitative estimate of drug-likeness (QED) is 0.102. The minimum absolute atomic E-state index is 0.0751. The molecule has 0 spiro atoms. The number of nitrogens with two attached hydrogens (primary N) is 1. The monoisotopic (exact) mass is 867 g/mol. The first-order valence-corrected chi connectivity index (χ1v) is 24.1. The van der Waals surface area contributed by atoms with Crippen molar-refractivity contribution in [2.45, 2.75) is 82.3 Å². The van der Waals surface area contributed by atoms with Crippen LogP contribution in [0.1, 0.15) is 75.0 Å². The van der Waals surface area contributed by atoms with Crippen LogP contribution in [0.25, 0.3) is 17.0 Å². The normalized spacial score (nSPS) is 15.5. The molecular formula is C39H53AtN4O3S+. The van der Waals surface area contributed by atoms with Crippen LogP contribution in [0.2, 0.25) is 4.63 Å². The summed E-state index contributed by atoms with van der Waals surface area (Å²) in [6.45, 7) is 11.4. The van der Waals surface area contributed by atoms with Gasteiger partial charge in [0.1, 0.15) is 0 Å². The summed E-state index contributed by atoms with van der Waals surface area (Å²) in [5, 5.41) is 9.59. The van der Waals surface area contributed by atoms with Crippen LogP contribution in [0.4, 0.5) is 0 Å². The van der Waals surface area contributed by atoms with Gasteiger partial charge in [-0.1, -0.05) is 42.5 Å². The van der Waals surface area contributed by atoms with Crippen molar-refractivity contribution >= 4 is 40.7 Å². The Morgan fingerprint density at radius 3 is 2.42 bits per heavy atom. The SMILES string of the molecule is C=C/C=C\C(=C/C)CCC(=O)O.C=C/C=C\c1ccc2ccc[n+]([At](C)(N)NC3CCCCC3)c2c1C.O=C(S)CCc1cccnc1. The van der Waals surface area contributed by atoms with Crippen molar-refractivity contribution in [3.63, 3.8) is 0 Å². The van der Waals surface area contributed by atoms with Gasteiger partial charge in [0.25, 0.3) is 0 Å². The van der Waals surface area contributed by atoms with Crippen LogP contribution >= 0.6 is 12.6 Å². The maximum atomic E-state index is 10.5. The molecule has 1 radical (unpaired) electrons. The van der Waals surface area contributed by atoms with Crippen LogP contribution in [0, 0.1) is 28.1 Å². The number of aromatic nitrogens is 2. The average molecular weight is 868 g/mol. The summed E-state index contributed by atoms with van der Waals surface area (Å²) in [4.78, 5) is 24.6. The number of allylic oxidation sites excluding steroid dienone is 7. The summed E-state index contributed by atoms with van der Waals surface area (Å²) in [6.07, 6.45) is 27.4. The molecule has 1 aliphatic rings. The largest absolute Gasteiger partial charge is 0.287 e. The Balaban J connectivity index is 0.000000290. The second-order valence-corrected chi connectivity index (χ2v) is 21.1. The van der Waals surface area contributed by atoms with Gasteiger partial charge >= 0.3 is 164 Å². The zero-order valence-electron chi connectivity index (χ0n) is 28.7. The number of fused-ring (bicyclic) bond motifs is 1. The van der Waals surface area contributed by atoms with E-state index in [1.807, 2.05) is 43.4 Å². The van der Waals surface area contributed by atoms with Gasteiger partial charge in [0.05, 0.1) is 0 Å². The number of hydrogen-bond donors (Lipinski definition) is 4. The predicted molar refractivity (Wildman–Crippen MR) is 200 cm³/mol. The molecule has 4 rings (SSSR count). The zero-order chi connectivity index (χ0) is 35.4. The molecule has 259 valence electrons. The second-order valence-electron chi connectivity index (χ2n) is 11.6. The van der Waals surface area contributed by atoms with Crippen molar-refractivity contribution in [2.24, 2.45) is 3.68 Å². The molecule has 2 aromatic heterocycles. The van der Waals surface area contributed by atoms with E-state index in [1.54, 1.807) is 24.5 Å². The first kappa shape index (κ1) is 40.9. The number of rotatable bonds is 13. The molecule has 0 saturated heterocycles. The predicted octanol–water partition coefficient (Wildman–Crippen LogP) is 8.32. The van der Waals surface area contributed by atoms with Crippen molar-refractivity contribution in [1.82, 2.24) is 8.24 Å². The number of pyridine rings is 2. The maximum absolute atomic E-state index is 10.5. The average Bonchev–Trinajstić information content (AvgIpc) is 3.08. The molecule has 1 aromatic carbocycles. The molecule has 0 bridgehead atoms. The molecule has 0 amide bonds. The number of aryl methyl sites for hydroxylation is 2. The number of thiol groups is 1. The number of hydrogen-bond acceptors (Lipinski definition) is 5. The maximum Gasteiger partial charge on any atom is 0.186 e. The topological polar surface area (TPSA) is 109 Å². The van der Waals surface area contributed by atoms with Gasteiger partial charge in [0.2, 0.25) is 0 Å². The van der Waals surface area contributed by atoms with Crippen molar-refractivity contribution in [3.05, 3.63) is 127 Å². The molecule has 4 N–H and O–H groups in total. The number of aliphatic carboxylic acids is 1. The smallest absolute Gasteiger partial charge is 0.186 e. The van der Waals surface area contributed by atoms with Gasteiger partial charge < -0.3 is 5.11 Å². The summed E-state index contributed by atoms with van der Waals surface area (Å²) >= 11 is 0.620. The van der Waals surface area contributed by atoms with E-state index in [1.165, 1.54) is 54.1 Å². The molecule has 48 heavy (non-hydrogen) atoms. The molecule has 1 atom stereocenters. The van der Waals surface area contributed by atoms with E-state index in [0.717, 1.165) is 17.6 Å². The summed E-state index contributed by atoms with van der Waals surface area (Å²) in [5.74, 6) is -0.763. The third-order valence-corrected chi connectivity index (χ3v) is 15.0. The Hall–Kier alpha value is -3.23. The van der Waals surface area contributed by atoms with E-state index >= 15 is 0 Å². The first-order chi connectivity index (χ1) is 23.0. The minimum atomic E-state index is -3.05. The summed E-state index contributed by atoms with van der Waals surface area (Å²) in [7, 11) is 0. The zero-order valence-corrected chi connectivity index (χ0v) is 32.5. The standard InChI is InChI=1S/C21H30AtN3.C10H14O2.C8H9NOS/c1-4-5-10-18-14-15-19-11-9-16-25(21(19)17(18)2)22(3,23)24-20-12-7-6-8-13-20;1-3-5-6-9(4-2)7-8-10(11)12;10-8(11)4-3-7-2-1-5-9-6-7/h4-5,9-11,14-16,20,24H,1,6-8,12-13,23H2,2-3H3;3-6H,1,7-8H2,2H3,(H,11,12);1-2,5-6H,3-4H2,(H,10,11)/q+1;;/b10-5-;6-5-,9-4+;. The number of nitrogens with zero attached hydrogens (tertiary/aromatic N) is 2. The van der Waals surface area contributed by atoms with E-state index in [4.69, 9.17) is 8.78 Å². The van der Waals surface area contributed by atoms with E-state index in [9.17, 15) is 9.59 Å². The van der Waals surface area contributed by atoms with E-state index in [2.05, 4.69) is 84.6 Å². The van der Waals surface area contributed by atoms with Crippen molar-refractivity contribution < 1.29 is 38.3 Å². The summed E-state index contributed by atoms with van der Waals surface area (Å²) < 4.78 is 15.5. The second kappa shape index (κ2) is 22.4. The Morgan fingerprint density at radius 1 is 1.08 bits per heavy atom. The van der Waals surface area contributed by atoms with E-state index in [0.29, 0.717) is 18.9 Å². The van der Waals surface area contributed by atoms with Gasteiger partial charge in [-0.15, -0.1) is 12.6 Å². The number of carboxylic acids is 1. The van der Waals surface area contributed by atoms with Crippen LogP contribution in [-0.2, 0) is 16.0 Å². The van der Waals surface area contributed by atoms with Gasteiger partial charge in [0, 0.05) is 25.2 Å². The van der Waals surface area contributed by atoms with Crippen molar-refractivity contribution in [2.75, 3.05) is 0 Å². The van der Waals surface area contributed by atoms with Gasteiger partial charge in [-0.05, 0) is 31.4 Å². The van der Waals surface area contributed by atoms with Crippen molar-refractivity contribution in [1.29, 1.82) is 0 Å². The number of carbonyl (C=O) groups excluding carboxylic acids is 1. The summed E-state index contributed by atoms with van der Waals surface area (Å²) in [6, 6.07) is 13.1. The third kappa shape index (κ3) is 14.9. The van der Waals surface area contributed by atoms with E-state index in [-0.39, 0.29) is 11.5 Å². The van der Waals surface area contributed by atoms with Gasteiger partial charge in [-0.25, -0.2) is 0 Å². The van der Waals surface area contributed by atoms with E-state index < -0.39 is 27.1 Å². The number of nitrogens with one attached hydrogen (secondary N) is 1. The Labute approximate surface area is 298 Å². The molecule has 9 heteroatoms. The minimum Gasteiger partial charge on any atom is -0.287 e. The molecule has 2 heterocycles. The molecule has 1 aliphatic carbocycles. The Bertz CT molecular complexity index is 1580. The molecule has 1 fully saturated rings. The van der Waals surface area contributed by atoms with Gasteiger partial charge in [0.15, 0.2) is 5.12 Å². The van der Waals surface area contributed by atoms with Crippen LogP contribution in [0.5, 0.6) is 0 Å². The first-order valence-electron chi connectivity index (χ1n) is 16.3. The third-order valence-electron chi connectivity index (χ3n) is 7.78. The Morgan fingerprint density at radius 2 is 1.81 bits per heavy atom. The fourth-order valence-electron chi connectivity index (χ4n) is 5.24. The molecule has 1 saturated carbocycles. The summed E-state index contributed by atoms with van der Waals surface area (Å²) in [5.41, 5.74) is 5.89. The molecule has 3 aromatic rings. The fourth-order valence-corrected chi connectivity index (χ4v) is 12.4. The van der Waals surface area contributed by atoms with Gasteiger partial charge in [-0.2, -0.15) is 0 Å². The number of carbonyl (C=O) groups is 2. The number of benzene rings is 1. The number of carboxylic acid groups (broad SMARTS) is 1. The molecule has 1 unspecified atom stereocenters. The fraction of sp³-hybridized carbons (Fsp3) is 0.333. The van der Waals surface area contributed by atoms with Crippen LogP contribution in [0.15, 0.2) is 110 Å². The molecule has 0 aliphatic heterocycles. The molecular weight excluding hydrogens is 815 g/mol. The van der Waals surface area contributed by atoms with Crippen LogP contribution < -0.4 is 9.45 Å². The van der Waals surface area contributed by atoms with Crippen LogP contribution in [-0.4, -0.2) is 27.2 Å². The van der Waals surface area contributed by atoms with Crippen LogP contribution in [0.3, 0.4) is 0 Å². The Kier molecular flexibility index (Phi) is 19.1. The van der Waals surface area contributed by atoms with Gasteiger partial charge in [-0.3, -0.25) is 14.6 Å². The molecule has 7 nitrogen and oxygen atoms in total.